The Kier molecular flexibility index (Phi) is 10.8. The Balaban J connectivity index is 1.19. The highest BCUT2D eigenvalue weighted by Gasteiger charge is 2.22. The minimum absolute atomic E-state index is 0.464. The van der Waals surface area contributed by atoms with E-state index in [-0.39, 0.29) is 0 Å². The highest BCUT2D eigenvalue weighted by Crippen LogP contribution is 2.46. The number of hydrogen-bond acceptors (Lipinski definition) is 10. The van der Waals surface area contributed by atoms with Gasteiger partial charge in [-0.25, -0.2) is 9.97 Å². The van der Waals surface area contributed by atoms with Crippen molar-refractivity contribution < 1.29 is 9.47 Å². The lowest BCUT2D eigenvalue weighted by atomic mass is 10.0. The van der Waals surface area contributed by atoms with E-state index in [4.69, 9.17) is 14.5 Å². The normalized spacial score (nSPS) is 13.2. The maximum absolute atomic E-state index is 10.2. The van der Waals surface area contributed by atoms with Crippen molar-refractivity contribution in [3.8, 4) is 39.3 Å². The molecule has 1 saturated heterocycles. The minimum Gasteiger partial charge on any atom is -0.493 e. The summed E-state index contributed by atoms with van der Waals surface area (Å²) in [6, 6.07) is 30.2. The van der Waals surface area contributed by atoms with Crippen LogP contribution in [0, 0.1) is 11.3 Å². The van der Waals surface area contributed by atoms with Crippen LogP contribution < -0.4 is 20.1 Å². The fourth-order valence-electron chi connectivity index (χ4n) is 5.34. The predicted molar refractivity (Wildman–Crippen MR) is 187 cm³/mol. The van der Waals surface area contributed by atoms with Gasteiger partial charge < -0.3 is 25.0 Å². The Labute approximate surface area is 278 Å². The zero-order valence-corrected chi connectivity index (χ0v) is 27.4. The number of nitriles is 1. The van der Waals surface area contributed by atoms with Gasteiger partial charge in [-0.15, -0.1) is 23.1 Å². The van der Waals surface area contributed by atoms with Crippen molar-refractivity contribution in [1.29, 1.82) is 5.26 Å². The third kappa shape index (κ3) is 8.05. The molecule has 3 aromatic carbocycles. The molecule has 2 aromatic heterocycles. The average molecular weight is 649 g/mol. The molecule has 8 nitrogen and oxygen atoms in total. The Hall–Kier alpha value is -4.40. The molecule has 0 atom stereocenters. The monoisotopic (exact) mass is 648 g/mol. The number of benzene rings is 3. The van der Waals surface area contributed by atoms with Crippen molar-refractivity contribution in [1.82, 2.24) is 20.2 Å². The van der Waals surface area contributed by atoms with E-state index in [1.165, 1.54) is 0 Å². The molecule has 1 aliphatic rings. The van der Waals surface area contributed by atoms with E-state index in [2.05, 4.69) is 26.6 Å². The van der Waals surface area contributed by atoms with Crippen molar-refractivity contribution in [3.63, 3.8) is 0 Å². The molecular weight excluding hydrogens is 613 g/mol. The van der Waals surface area contributed by atoms with E-state index in [1.54, 1.807) is 29.3 Å². The van der Waals surface area contributed by atoms with Gasteiger partial charge in [0.15, 0.2) is 0 Å². The molecule has 2 N–H and O–H groups in total. The van der Waals surface area contributed by atoms with Crippen molar-refractivity contribution in [2.75, 3.05) is 50.9 Å². The molecule has 0 unspecified atom stereocenters. The van der Waals surface area contributed by atoms with Gasteiger partial charge in [0.1, 0.15) is 24.2 Å². The first-order chi connectivity index (χ1) is 22.7. The van der Waals surface area contributed by atoms with Crippen LogP contribution in [-0.4, -0.2) is 60.5 Å². The molecule has 0 bridgehead atoms. The smallest absolute Gasteiger partial charge is 0.227 e. The van der Waals surface area contributed by atoms with Crippen molar-refractivity contribution >= 4 is 34.7 Å². The van der Waals surface area contributed by atoms with Gasteiger partial charge in [-0.2, -0.15) is 5.26 Å². The summed E-state index contributed by atoms with van der Waals surface area (Å²) in [5, 5.41) is 17.0. The van der Waals surface area contributed by atoms with Gasteiger partial charge in [-0.3, -0.25) is 0 Å². The summed E-state index contributed by atoms with van der Waals surface area (Å²) < 4.78 is 13.1. The van der Waals surface area contributed by atoms with E-state index in [9.17, 15) is 5.26 Å². The quantitative estimate of drug-likeness (QED) is 0.0996. The highest BCUT2D eigenvalue weighted by molar-refractivity contribution is 8.00. The van der Waals surface area contributed by atoms with Crippen LogP contribution in [0.25, 0.3) is 21.7 Å². The second kappa shape index (κ2) is 15.7. The summed E-state index contributed by atoms with van der Waals surface area (Å²) in [4.78, 5) is 12.8. The van der Waals surface area contributed by atoms with E-state index in [1.807, 2.05) is 91.2 Å². The number of thioether (sulfide) groups is 1. The molecule has 1 aliphatic heterocycles. The molecule has 3 heterocycles. The Morgan fingerprint density at radius 2 is 1.78 bits per heavy atom. The topological polar surface area (TPSA) is 95.3 Å². The number of nitrogens with one attached hydrogen (secondary N) is 2. The van der Waals surface area contributed by atoms with E-state index >= 15 is 0 Å². The van der Waals surface area contributed by atoms with Gasteiger partial charge in [-0.05, 0) is 54.1 Å². The van der Waals surface area contributed by atoms with Crippen LogP contribution >= 0.6 is 23.1 Å². The van der Waals surface area contributed by atoms with Gasteiger partial charge in [0, 0.05) is 56.2 Å². The fourth-order valence-corrected chi connectivity index (χ4v) is 7.26. The van der Waals surface area contributed by atoms with Crippen LogP contribution in [0.15, 0.2) is 95.3 Å². The summed E-state index contributed by atoms with van der Waals surface area (Å²) in [6.07, 6.45) is 4.72. The molecule has 0 aliphatic carbocycles. The molecule has 234 valence electrons. The minimum atomic E-state index is 0.464. The lowest BCUT2D eigenvalue weighted by molar-refractivity contribution is 0.214. The molecule has 46 heavy (non-hydrogen) atoms. The zero-order chi connectivity index (χ0) is 31.6. The van der Waals surface area contributed by atoms with Crippen molar-refractivity contribution in [2.24, 2.45) is 0 Å². The van der Waals surface area contributed by atoms with E-state index in [0.29, 0.717) is 24.7 Å². The van der Waals surface area contributed by atoms with Crippen LogP contribution in [0.4, 0.5) is 11.6 Å². The van der Waals surface area contributed by atoms with E-state index < -0.39 is 0 Å². The molecule has 10 heteroatoms. The summed E-state index contributed by atoms with van der Waals surface area (Å²) >= 11 is 3.14. The zero-order valence-electron chi connectivity index (χ0n) is 25.7. The molecule has 5 aromatic rings. The summed E-state index contributed by atoms with van der Waals surface area (Å²) in [5.74, 6) is 2.01. The number of thiophene rings is 1. The number of nitrogens with zero attached hydrogens (tertiary/aromatic N) is 4. The molecule has 0 radical (unpaired) electrons. The lowest BCUT2D eigenvalue weighted by Gasteiger charge is -2.26. The summed E-state index contributed by atoms with van der Waals surface area (Å²) in [6.45, 7) is 6.47. The SMILES string of the molecule is CSc1sc(-c2ccnc(Nc3cccc(OCCCN4CCNCC4)c3)n2)c(-c2cccc(OCc3ccccc3)c2)c1C#N. The van der Waals surface area contributed by atoms with E-state index in [0.717, 1.165) is 87.8 Å². The number of piperazine rings is 1. The third-order valence-corrected chi connectivity index (χ3v) is 9.95. The molecule has 0 spiro atoms. The first kappa shape index (κ1) is 31.6. The number of anilines is 2. The number of rotatable bonds is 13. The van der Waals surface area contributed by atoms with Gasteiger partial charge in [0.2, 0.25) is 5.95 Å². The molecule has 6 rings (SSSR count). The highest BCUT2D eigenvalue weighted by atomic mass is 32.2. The molecule has 0 amide bonds. The molecule has 1 fully saturated rings. The Bertz CT molecular complexity index is 1780. The molecule has 0 saturated carbocycles. The van der Waals surface area contributed by atoms with Gasteiger partial charge >= 0.3 is 0 Å². The first-order valence-electron chi connectivity index (χ1n) is 15.3. The third-order valence-electron chi connectivity index (χ3n) is 7.62. The maximum Gasteiger partial charge on any atom is 0.227 e. The number of ether oxygens (including phenoxy) is 2. The summed E-state index contributed by atoms with van der Waals surface area (Å²) in [7, 11) is 0. The van der Waals surface area contributed by atoms with Crippen LogP contribution in [0.5, 0.6) is 11.5 Å². The van der Waals surface area contributed by atoms with Crippen LogP contribution in [-0.2, 0) is 6.61 Å². The average Bonchev–Trinajstić information content (AvgIpc) is 3.50. The number of aromatic nitrogens is 2. The van der Waals surface area contributed by atoms with Crippen LogP contribution in [0.3, 0.4) is 0 Å². The summed E-state index contributed by atoms with van der Waals surface area (Å²) in [5.41, 5.74) is 5.07. The fraction of sp³-hybridized carbons (Fsp3) is 0.250. The maximum atomic E-state index is 10.2. The predicted octanol–water partition coefficient (Wildman–Crippen LogP) is 7.46. The van der Waals surface area contributed by atoms with Crippen LogP contribution in [0.2, 0.25) is 0 Å². The Morgan fingerprint density at radius 3 is 2.59 bits per heavy atom. The molecular formula is C36H36N6O2S2. The van der Waals surface area contributed by atoms with Gasteiger partial charge in [0.25, 0.3) is 0 Å². The van der Waals surface area contributed by atoms with Crippen LogP contribution in [0.1, 0.15) is 17.5 Å². The van der Waals surface area contributed by atoms with Crippen molar-refractivity contribution in [3.05, 3.63) is 102 Å². The van der Waals surface area contributed by atoms with Crippen molar-refractivity contribution in [2.45, 2.75) is 17.2 Å². The second-order valence-corrected chi connectivity index (χ2v) is 12.9. The standard InChI is InChI=1S/C36H36N6O2S2/c1-45-35-31(24-37)33(27-10-5-12-29(22-27)44-25-26-8-3-2-4-9-26)34(46-35)32-14-15-39-36(41-32)40-28-11-6-13-30(23-28)43-21-7-18-42-19-16-38-17-20-42/h2-6,8-15,22-23,38H,7,16-21,25H2,1H3,(H,39,40,41). The largest absolute Gasteiger partial charge is 0.493 e. The van der Waals surface area contributed by atoms with Gasteiger partial charge in [0.05, 0.1) is 27.0 Å². The first-order valence-corrected chi connectivity index (χ1v) is 17.4. The second-order valence-electron chi connectivity index (χ2n) is 10.8. The Morgan fingerprint density at radius 1 is 0.978 bits per heavy atom. The van der Waals surface area contributed by atoms with Gasteiger partial charge in [-0.1, -0.05) is 48.5 Å². The lowest BCUT2D eigenvalue weighted by Crippen LogP contribution is -2.43. The number of hydrogen-bond donors (Lipinski definition) is 2.